The summed E-state index contributed by atoms with van der Waals surface area (Å²) in [6.07, 6.45) is 2.83. The van der Waals surface area contributed by atoms with Crippen molar-refractivity contribution in [2.75, 3.05) is 5.73 Å². The largest absolute Gasteiger partial charge is 0.436 e. The van der Waals surface area contributed by atoms with Crippen LogP contribution in [0.1, 0.15) is 0 Å². The predicted octanol–water partition coefficient (Wildman–Crippen LogP) is 2.75. The fraction of sp³-hybridized carbons (Fsp3) is 0. The van der Waals surface area contributed by atoms with Crippen LogP contribution in [0.25, 0.3) is 0 Å². The second-order valence-electron chi connectivity index (χ2n) is 2.96. The number of rotatable bonds is 2. The number of hydrogen-bond acceptors (Lipinski definition) is 4. The predicted molar refractivity (Wildman–Crippen MR) is 60.6 cm³/mol. The molecule has 0 atom stereocenters. The van der Waals surface area contributed by atoms with Crippen LogP contribution in [0.3, 0.4) is 0 Å². The lowest BCUT2D eigenvalue weighted by molar-refractivity contribution is 0.456. The second kappa shape index (κ2) is 4.44. The monoisotopic (exact) mass is 283 g/mol. The average molecular weight is 284 g/mol. The fourth-order valence-corrected chi connectivity index (χ4v) is 1.51. The maximum Gasteiger partial charge on any atom is 0.239 e. The van der Waals surface area contributed by atoms with Gasteiger partial charge in [-0.15, -0.1) is 0 Å². The van der Waals surface area contributed by atoms with Gasteiger partial charge in [-0.25, -0.2) is 4.39 Å². The highest BCUT2D eigenvalue weighted by molar-refractivity contribution is 9.10. The first-order valence-corrected chi connectivity index (χ1v) is 5.15. The maximum atomic E-state index is 12.8. The van der Waals surface area contributed by atoms with Crippen molar-refractivity contribution >= 4 is 21.7 Å². The minimum atomic E-state index is -0.349. The summed E-state index contributed by atoms with van der Waals surface area (Å²) in [5.74, 6) is 0.613. The van der Waals surface area contributed by atoms with E-state index < -0.39 is 0 Å². The van der Waals surface area contributed by atoms with Crippen LogP contribution in [0, 0.1) is 5.82 Å². The lowest BCUT2D eigenvalue weighted by Gasteiger charge is -2.06. The molecule has 1 aromatic heterocycles. The summed E-state index contributed by atoms with van der Waals surface area (Å²) in [4.78, 5) is 7.74. The number of aromatic nitrogens is 2. The molecule has 0 aliphatic carbocycles. The zero-order valence-electron chi connectivity index (χ0n) is 8.02. The Morgan fingerprint density at radius 3 is 2.81 bits per heavy atom. The van der Waals surface area contributed by atoms with Gasteiger partial charge in [0.15, 0.2) is 0 Å². The van der Waals surface area contributed by atoms with Crippen molar-refractivity contribution in [2.24, 2.45) is 0 Å². The van der Waals surface area contributed by atoms with Crippen LogP contribution >= 0.6 is 15.9 Å². The van der Waals surface area contributed by atoms with Crippen molar-refractivity contribution in [3.05, 3.63) is 40.9 Å². The number of benzene rings is 1. The topological polar surface area (TPSA) is 61.0 Å². The van der Waals surface area contributed by atoms with Gasteiger partial charge < -0.3 is 10.5 Å². The van der Waals surface area contributed by atoms with E-state index in [1.165, 1.54) is 30.6 Å². The molecule has 2 rings (SSSR count). The first kappa shape index (κ1) is 10.8. The number of ether oxygens (including phenoxy) is 1. The molecule has 1 heterocycles. The van der Waals surface area contributed by atoms with Crippen LogP contribution in [0.5, 0.6) is 11.6 Å². The van der Waals surface area contributed by atoms with Gasteiger partial charge in [0.05, 0.1) is 16.9 Å². The summed E-state index contributed by atoms with van der Waals surface area (Å²) in [7, 11) is 0. The van der Waals surface area contributed by atoms with E-state index >= 15 is 0 Å². The van der Waals surface area contributed by atoms with E-state index in [0.29, 0.717) is 10.2 Å². The van der Waals surface area contributed by atoms with E-state index in [4.69, 9.17) is 10.5 Å². The number of nitrogens with zero attached hydrogens (tertiary/aromatic N) is 2. The van der Waals surface area contributed by atoms with Gasteiger partial charge in [-0.3, -0.25) is 4.98 Å². The minimum absolute atomic E-state index is 0.257. The summed E-state index contributed by atoms with van der Waals surface area (Å²) < 4.78 is 18.7. The van der Waals surface area contributed by atoms with Crippen molar-refractivity contribution < 1.29 is 9.13 Å². The van der Waals surface area contributed by atoms with E-state index in [-0.39, 0.29) is 17.5 Å². The first-order valence-electron chi connectivity index (χ1n) is 4.35. The van der Waals surface area contributed by atoms with Crippen molar-refractivity contribution in [2.45, 2.75) is 0 Å². The number of nitrogens with two attached hydrogens (primary N) is 1. The van der Waals surface area contributed by atoms with Crippen molar-refractivity contribution in [3.8, 4) is 11.6 Å². The van der Waals surface area contributed by atoms with Crippen LogP contribution in [-0.4, -0.2) is 9.97 Å². The van der Waals surface area contributed by atoms with Gasteiger partial charge in [0.2, 0.25) is 5.88 Å². The Balaban J connectivity index is 2.27. The summed E-state index contributed by atoms with van der Waals surface area (Å²) in [6.45, 7) is 0. The highest BCUT2D eigenvalue weighted by Crippen LogP contribution is 2.29. The van der Waals surface area contributed by atoms with Gasteiger partial charge in [-0.1, -0.05) is 0 Å². The molecule has 0 radical (unpaired) electrons. The fourth-order valence-electron chi connectivity index (χ4n) is 1.08. The van der Waals surface area contributed by atoms with Crippen LogP contribution in [-0.2, 0) is 0 Å². The molecule has 0 fully saturated rings. The molecule has 0 aliphatic rings. The third-order valence-corrected chi connectivity index (χ3v) is 2.36. The van der Waals surface area contributed by atoms with E-state index in [0.717, 1.165) is 0 Å². The van der Waals surface area contributed by atoms with E-state index in [1.54, 1.807) is 0 Å². The van der Waals surface area contributed by atoms with Gasteiger partial charge >= 0.3 is 0 Å². The minimum Gasteiger partial charge on any atom is -0.436 e. The Bertz CT molecular complexity index is 521. The first-order chi connectivity index (χ1) is 7.65. The van der Waals surface area contributed by atoms with Crippen LogP contribution in [0.2, 0.25) is 0 Å². The van der Waals surface area contributed by atoms with Gasteiger partial charge in [0, 0.05) is 0 Å². The highest BCUT2D eigenvalue weighted by Gasteiger charge is 2.05. The molecule has 6 heteroatoms. The molecule has 4 nitrogen and oxygen atoms in total. The zero-order valence-corrected chi connectivity index (χ0v) is 9.61. The third kappa shape index (κ3) is 2.46. The summed E-state index contributed by atoms with van der Waals surface area (Å²) in [6, 6.07) is 4.08. The molecule has 82 valence electrons. The Kier molecular flexibility index (Phi) is 3.00. The normalized spacial score (nSPS) is 10.1. The van der Waals surface area contributed by atoms with Crippen molar-refractivity contribution in [1.29, 1.82) is 0 Å². The molecule has 0 unspecified atom stereocenters. The Labute approximate surface area is 99.4 Å². The number of nitrogen functional groups attached to an aromatic ring is 1. The molecule has 2 N–H and O–H groups in total. The van der Waals surface area contributed by atoms with Gasteiger partial charge in [-0.2, -0.15) is 4.98 Å². The SMILES string of the molecule is Nc1cncc(Oc2ccc(F)cc2Br)n1. The third-order valence-electron chi connectivity index (χ3n) is 1.74. The second-order valence-corrected chi connectivity index (χ2v) is 3.81. The molecule has 0 spiro atoms. The lowest BCUT2D eigenvalue weighted by atomic mass is 10.3. The Morgan fingerprint density at radius 1 is 1.31 bits per heavy atom. The molecule has 1 aromatic carbocycles. The zero-order chi connectivity index (χ0) is 11.5. The standard InChI is InChI=1S/C10H7BrFN3O/c11-7-3-6(12)1-2-8(7)16-10-5-14-4-9(13)15-10/h1-5H,(H2,13,15). The molecule has 0 saturated heterocycles. The van der Waals surface area contributed by atoms with Crippen LogP contribution < -0.4 is 10.5 Å². The van der Waals surface area contributed by atoms with E-state index in [1.807, 2.05) is 0 Å². The Hall–Kier alpha value is -1.69. The molecule has 0 saturated carbocycles. The van der Waals surface area contributed by atoms with Gasteiger partial charge in [0.25, 0.3) is 0 Å². The smallest absolute Gasteiger partial charge is 0.239 e. The molecule has 2 aromatic rings. The van der Waals surface area contributed by atoms with Gasteiger partial charge in [0.1, 0.15) is 17.4 Å². The van der Waals surface area contributed by atoms with Crippen molar-refractivity contribution in [1.82, 2.24) is 9.97 Å². The molecular weight excluding hydrogens is 277 g/mol. The molecular formula is C10H7BrFN3O. The number of hydrogen-bond donors (Lipinski definition) is 1. The summed E-state index contributed by atoms with van der Waals surface area (Å²) >= 11 is 3.18. The molecule has 0 bridgehead atoms. The quantitative estimate of drug-likeness (QED) is 0.921. The van der Waals surface area contributed by atoms with Crippen LogP contribution in [0.4, 0.5) is 10.2 Å². The maximum absolute atomic E-state index is 12.8. The van der Waals surface area contributed by atoms with E-state index in [9.17, 15) is 4.39 Å². The van der Waals surface area contributed by atoms with Crippen molar-refractivity contribution in [3.63, 3.8) is 0 Å². The number of anilines is 1. The molecule has 0 amide bonds. The highest BCUT2D eigenvalue weighted by atomic mass is 79.9. The average Bonchev–Trinajstić information content (AvgIpc) is 2.22. The summed E-state index contributed by atoms with van der Waals surface area (Å²) in [5, 5.41) is 0. The Morgan fingerprint density at radius 2 is 2.12 bits per heavy atom. The number of halogens is 2. The summed E-state index contributed by atoms with van der Waals surface area (Å²) in [5.41, 5.74) is 5.45. The molecule has 0 aliphatic heterocycles. The van der Waals surface area contributed by atoms with Crippen LogP contribution in [0.15, 0.2) is 35.1 Å². The van der Waals surface area contributed by atoms with Gasteiger partial charge in [-0.05, 0) is 34.1 Å². The van der Waals surface area contributed by atoms with E-state index in [2.05, 4.69) is 25.9 Å². The molecule has 16 heavy (non-hydrogen) atoms. The lowest BCUT2D eigenvalue weighted by Crippen LogP contribution is -1.95.